The van der Waals surface area contributed by atoms with Crippen molar-refractivity contribution < 1.29 is 14.7 Å². The molecule has 10 heteroatoms. The van der Waals surface area contributed by atoms with Crippen molar-refractivity contribution >= 4 is 79.2 Å². The number of hydrogen-bond acceptors (Lipinski definition) is 6. The van der Waals surface area contributed by atoms with Crippen LogP contribution in [0.4, 0.5) is 10.8 Å². The van der Waals surface area contributed by atoms with Gasteiger partial charge in [-0.3, -0.25) is 14.9 Å². The quantitative estimate of drug-likeness (QED) is 0.269. The number of aromatic hydroxyl groups is 1. The predicted molar refractivity (Wildman–Crippen MR) is 131 cm³/mol. The number of hydrogen-bond donors (Lipinski definition) is 3. The van der Waals surface area contributed by atoms with Crippen LogP contribution >= 0.6 is 46.3 Å². The Balaban J connectivity index is 1.41. The van der Waals surface area contributed by atoms with Crippen molar-refractivity contribution in [3.8, 4) is 5.75 Å². The van der Waals surface area contributed by atoms with E-state index in [0.717, 1.165) is 9.60 Å². The van der Waals surface area contributed by atoms with E-state index in [-0.39, 0.29) is 23.3 Å². The molecule has 3 N–H and O–H groups in total. The maximum absolute atomic E-state index is 12.5. The molecule has 0 radical (unpaired) electrons. The second-order valence-electron chi connectivity index (χ2n) is 6.65. The maximum Gasteiger partial charge on any atom is 0.257 e. The maximum atomic E-state index is 12.5. The molecule has 0 aliphatic heterocycles. The van der Waals surface area contributed by atoms with Gasteiger partial charge in [0.2, 0.25) is 5.91 Å². The average molecular weight is 504 g/mol. The number of phenols is 1. The normalized spacial score (nSPS) is 10.8. The van der Waals surface area contributed by atoms with Crippen molar-refractivity contribution in [2.45, 2.75) is 4.90 Å². The van der Waals surface area contributed by atoms with Gasteiger partial charge in [-0.15, -0.1) is 11.8 Å². The minimum Gasteiger partial charge on any atom is -0.508 e. The van der Waals surface area contributed by atoms with Crippen LogP contribution in [-0.4, -0.2) is 27.7 Å². The molecule has 3 aromatic carbocycles. The lowest BCUT2D eigenvalue weighted by atomic mass is 10.2. The highest BCUT2D eigenvalue weighted by atomic mass is 35.5. The van der Waals surface area contributed by atoms with E-state index >= 15 is 0 Å². The molecule has 0 bridgehead atoms. The molecule has 2 amide bonds. The van der Waals surface area contributed by atoms with Gasteiger partial charge in [0.05, 0.1) is 16.0 Å². The van der Waals surface area contributed by atoms with Gasteiger partial charge in [-0.05, 0) is 54.6 Å². The summed E-state index contributed by atoms with van der Waals surface area (Å²) in [6.07, 6.45) is 0. The number of rotatable bonds is 6. The van der Waals surface area contributed by atoms with Crippen LogP contribution in [0, 0.1) is 0 Å². The standard InChI is InChI=1S/C22H15Cl2N3O3S2/c23-13-6-12(7-14(24)8-13)21(30)27-22-26-18-5-4-15(9-19(18)32-22)25-20(29)11-31-17-3-1-2-16(28)10-17/h1-10,28H,11H2,(H,25,29)(H,26,27,30). The number of halogens is 2. The van der Waals surface area contributed by atoms with E-state index in [1.807, 2.05) is 6.07 Å². The molecular weight excluding hydrogens is 489 g/mol. The topological polar surface area (TPSA) is 91.3 Å². The third-order valence-corrected chi connectivity index (χ3v) is 6.57. The summed E-state index contributed by atoms with van der Waals surface area (Å²) in [5, 5.41) is 16.3. The van der Waals surface area contributed by atoms with E-state index < -0.39 is 0 Å². The SMILES string of the molecule is O=C(CSc1cccc(O)c1)Nc1ccc2nc(NC(=O)c3cc(Cl)cc(Cl)c3)sc2c1. The monoisotopic (exact) mass is 503 g/mol. The summed E-state index contributed by atoms with van der Waals surface area (Å²) in [6, 6.07) is 16.7. The third-order valence-electron chi connectivity index (χ3n) is 4.20. The molecule has 0 unspecified atom stereocenters. The minimum atomic E-state index is -0.369. The first-order valence-corrected chi connectivity index (χ1v) is 11.8. The number of phenolic OH excluding ortho intramolecular Hbond substituents is 1. The lowest BCUT2D eigenvalue weighted by Crippen LogP contribution is -2.13. The number of carbonyl (C=O) groups is 2. The molecule has 0 spiro atoms. The smallest absolute Gasteiger partial charge is 0.257 e. The fourth-order valence-corrected chi connectivity index (χ4v) is 5.00. The number of carbonyl (C=O) groups excluding carboxylic acids is 2. The van der Waals surface area contributed by atoms with Crippen LogP contribution in [-0.2, 0) is 4.79 Å². The van der Waals surface area contributed by atoms with Crippen LogP contribution in [0.1, 0.15) is 10.4 Å². The first-order chi connectivity index (χ1) is 15.4. The number of nitrogens with zero attached hydrogens (tertiary/aromatic N) is 1. The first kappa shape index (κ1) is 22.4. The number of aromatic nitrogens is 1. The Morgan fingerprint density at radius 1 is 1.00 bits per heavy atom. The average Bonchev–Trinajstić information content (AvgIpc) is 3.13. The molecule has 0 aliphatic rings. The van der Waals surface area contributed by atoms with Gasteiger partial charge in [0.1, 0.15) is 5.75 Å². The van der Waals surface area contributed by atoms with Gasteiger partial charge in [0.15, 0.2) is 5.13 Å². The lowest BCUT2D eigenvalue weighted by Gasteiger charge is -2.05. The van der Waals surface area contributed by atoms with Crippen LogP contribution < -0.4 is 10.6 Å². The van der Waals surface area contributed by atoms with Crippen molar-refractivity contribution in [2.24, 2.45) is 0 Å². The van der Waals surface area contributed by atoms with Gasteiger partial charge in [-0.2, -0.15) is 0 Å². The molecular formula is C22H15Cl2N3O3S2. The molecule has 6 nitrogen and oxygen atoms in total. The molecule has 162 valence electrons. The fourth-order valence-electron chi connectivity index (χ4n) is 2.83. The van der Waals surface area contributed by atoms with Crippen molar-refractivity contribution in [1.29, 1.82) is 0 Å². The van der Waals surface area contributed by atoms with E-state index in [9.17, 15) is 14.7 Å². The third kappa shape index (κ3) is 5.72. The Hall–Kier alpha value is -2.78. The summed E-state index contributed by atoms with van der Waals surface area (Å²) in [5.74, 6) is -0.180. The number of benzene rings is 3. The number of thiazole rings is 1. The van der Waals surface area contributed by atoms with Gasteiger partial charge < -0.3 is 10.4 Å². The van der Waals surface area contributed by atoms with E-state index in [0.29, 0.717) is 31.9 Å². The highest BCUT2D eigenvalue weighted by molar-refractivity contribution is 8.00. The van der Waals surface area contributed by atoms with E-state index in [4.69, 9.17) is 23.2 Å². The van der Waals surface area contributed by atoms with E-state index in [1.165, 1.54) is 35.2 Å². The summed E-state index contributed by atoms with van der Waals surface area (Å²) < 4.78 is 0.808. The van der Waals surface area contributed by atoms with Crippen LogP contribution in [0.2, 0.25) is 10.0 Å². The van der Waals surface area contributed by atoms with Crippen LogP contribution in [0.15, 0.2) is 65.6 Å². The molecule has 0 saturated carbocycles. The Kier molecular flexibility index (Phi) is 6.86. The second kappa shape index (κ2) is 9.79. The Labute approximate surface area is 201 Å². The molecule has 1 heterocycles. The van der Waals surface area contributed by atoms with Crippen molar-refractivity contribution in [2.75, 3.05) is 16.4 Å². The second-order valence-corrected chi connectivity index (χ2v) is 9.60. The van der Waals surface area contributed by atoms with Crippen molar-refractivity contribution in [3.63, 3.8) is 0 Å². The van der Waals surface area contributed by atoms with Crippen LogP contribution in [0.25, 0.3) is 10.2 Å². The molecule has 0 fully saturated rings. The predicted octanol–water partition coefficient (Wildman–Crippen LogP) is 6.29. The van der Waals surface area contributed by atoms with Gasteiger partial charge in [-0.25, -0.2) is 4.98 Å². The zero-order valence-corrected chi connectivity index (χ0v) is 19.4. The Morgan fingerprint density at radius 3 is 2.53 bits per heavy atom. The summed E-state index contributed by atoms with van der Waals surface area (Å²) in [5.41, 5.74) is 1.66. The molecule has 4 aromatic rings. The van der Waals surface area contributed by atoms with E-state index in [2.05, 4.69) is 15.6 Å². The van der Waals surface area contributed by atoms with Crippen LogP contribution in [0.3, 0.4) is 0 Å². The van der Waals surface area contributed by atoms with Crippen molar-refractivity contribution in [1.82, 2.24) is 4.98 Å². The molecule has 4 rings (SSSR count). The molecule has 0 saturated heterocycles. The number of thioether (sulfide) groups is 1. The lowest BCUT2D eigenvalue weighted by molar-refractivity contribution is -0.113. The number of nitrogens with one attached hydrogen (secondary N) is 2. The summed E-state index contributed by atoms with van der Waals surface area (Å²) in [7, 11) is 0. The largest absolute Gasteiger partial charge is 0.508 e. The summed E-state index contributed by atoms with van der Waals surface area (Å²) >= 11 is 14.5. The minimum absolute atomic E-state index is 0.160. The van der Waals surface area contributed by atoms with E-state index in [1.54, 1.807) is 42.5 Å². The zero-order chi connectivity index (χ0) is 22.7. The first-order valence-electron chi connectivity index (χ1n) is 9.25. The highest BCUT2D eigenvalue weighted by Crippen LogP contribution is 2.29. The summed E-state index contributed by atoms with van der Waals surface area (Å²) in [6.45, 7) is 0. The molecule has 32 heavy (non-hydrogen) atoms. The summed E-state index contributed by atoms with van der Waals surface area (Å²) in [4.78, 5) is 30.0. The van der Waals surface area contributed by atoms with Crippen molar-refractivity contribution in [3.05, 3.63) is 76.3 Å². The fraction of sp³-hybridized carbons (Fsp3) is 0.0455. The Morgan fingerprint density at radius 2 is 1.78 bits per heavy atom. The molecule has 0 atom stereocenters. The Bertz CT molecular complexity index is 1310. The van der Waals surface area contributed by atoms with Gasteiger partial charge >= 0.3 is 0 Å². The van der Waals surface area contributed by atoms with Gasteiger partial charge in [0, 0.05) is 26.2 Å². The highest BCUT2D eigenvalue weighted by Gasteiger charge is 2.12. The number of anilines is 2. The van der Waals surface area contributed by atoms with Gasteiger partial charge in [-0.1, -0.05) is 40.6 Å². The van der Waals surface area contributed by atoms with Gasteiger partial charge in [0.25, 0.3) is 5.91 Å². The number of fused-ring (bicyclic) bond motifs is 1. The number of amides is 2. The van der Waals surface area contributed by atoms with Crippen LogP contribution in [0.5, 0.6) is 5.75 Å². The molecule has 0 aliphatic carbocycles. The molecule has 1 aromatic heterocycles. The zero-order valence-electron chi connectivity index (χ0n) is 16.3.